The average molecular weight is 718 g/mol. The number of benzene rings is 8. The lowest BCUT2D eigenvalue weighted by molar-refractivity contribution is 0.670. The van der Waals surface area contributed by atoms with E-state index in [0.717, 1.165) is 88.4 Å². The predicted molar refractivity (Wildman–Crippen MR) is 229 cm³/mol. The maximum atomic E-state index is 8.71. The largest absolute Gasteiger partial charge is 0.455 e. The molecule has 3 heterocycles. The highest BCUT2D eigenvalue weighted by atomic mass is 16.3. The Balaban J connectivity index is 1.24. The summed E-state index contributed by atoms with van der Waals surface area (Å²) in [5, 5.41) is 4.23. The van der Waals surface area contributed by atoms with E-state index in [4.69, 9.17) is 20.7 Å². The molecule has 8 aromatic carbocycles. The van der Waals surface area contributed by atoms with E-state index in [1.807, 2.05) is 97.1 Å². The van der Waals surface area contributed by atoms with Gasteiger partial charge < -0.3 is 8.98 Å². The topological polar surface area (TPSA) is 56.7 Å². The third-order valence-corrected chi connectivity index (χ3v) is 10.6. The molecule has 0 fully saturated rings. The molecule has 0 aliphatic rings. The minimum atomic E-state index is 0.455. The minimum Gasteiger partial charge on any atom is -0.455 e. The van der Waals surface area contributed by atoms with Crippen molar-refractivity contribution in [2.24, 2.45) is 0 Å². The number of fused-ring (bicyclic) bond motifs is 6. The quantitative estimate of drug-likeness (QED) is 0.172. The van der Waals surface area contributed by atoms with E-state index in [2.05, 4.69) is 95.6 Å². The van der Waals surface area contributed by atoms with Gasteiger partial charge in [0, 0.05) is 43.8 Å². The van der Waals surface area contributed by atoms with Gasteiger partial charge in [0.15, 0.2) is 17.5 Å². The molecule has 0 N–H and O–H groups in total. The molecule has 262 valence electrons. The summed E-state index contributed by atoms with van der Waals surface area (Å²) in [6, 6.07) is 64.4. The van der Waals surface area contributed by atoms with Gasteiger partial charge in [-0.25, -0.2) is 15.0 Å². The standard InChI is InChI=1S/C51H32N4O/c1-4-16-33(17-5-1)37-24-15-28-45-47(37)41-23-10-12-27-43(41)55(45)44-31-30-36(38-25-14-26-40-39-22-11-13-29-46(39)56-48(38)40)32-42(44)51-53-49(34-18-6-2-7-19-34)52-50(54-51)35-20-8-3-9-21-35/h1-32H/i10D. The Labute approximate surface area is 324 Å². The zero-order chi connectivity index (χ0) is 37.9. The highest BCUT2D eigenvalue weighted by Crippen LogP contribution is 2.43. The van der Waals surface area contributed by atoms with Crippen LogP contribution in [0.3, 0.4) is 0 Å². The summed E-state index contributed by atoms with van der Waals surface area (Å²) in [6.45, 7) is 0. The smallest absolute Gasteiger partial charge is 0.166 e. The number of aromatic nitrogens is 4. The third-order valence-electron chi connectivity index (χ3n) is 10.6. The van der Waals surface area contributed by atoms with Gasteiger partial charge in [0.25, 0.3) is 0 Å². The number of para-hydroxylation sites is 3. The van der Waals surface area contributed by atoms with E-state index >= 15 is 0 Å². The predicted octanol–water partition coefficient (Wildman–Crippen LogP) is 13.2. The van der Waals surface area contributed by atoms with Gasteiger partial charge >= 0.3 is 0 Å². The second-order valence-corrected chi connectivity index (χ2v) is 13.9. The number of hydrogen-bond acceptors (Lipinski definition) is 4. The number of rotatable bonds is 6. The van der Waals surface area contributed by atoms with Gasteiger partial charge in [0.1, 0.15) is 11.2 Å². The van der Waals surface area contributed by atoms with Crippen LogP contribution in [0.15, 0.2) is 199 Å². The number of nitrogens with zero attached hydrogens (tertiary/aromatic N) is 4. The molecule has 0 amide bonds. The zero-order valence-electron chi connectivity index (χ0n) is 31.1. The summed E-state index contributed by atoms with van der Waals surface area (Å²) in [5.74, 6) is 1.72. The molecule has 11 rings (SSSR count). The van der Waals surface area contributed by atoms with Crippen LogP contribution in [0.5, 0.6) is 0 Å². The van der Waals surface area contributed by atoms with Crippen LogP contribution in [0.2, 0.25) is 0 Å². The van der Waals surface area contributed by atoms with Crippen molar-refractivity contribution in [1.82, 2.24) is 19.5 Å². The van der Waals surface area contributed by atoms with Crippen molar-refractivity contribution >= 4 is 43.7 Å². The average Bonchev–Trinajstić information content (AvgIpc) is 3.82. The summed E-state index contributed by atoms with van der Waals surface area (Å²) in [7, 11) is 0. The van der Waals surface area contributed by atoms with E-state index in [9.17, 15) is 0 Å². The molecule has 0 aliphatic heterocycles. The molecule has 0 spiro atoms. The Hall–Kier alpha value is -7.63. The Morgan fingerprint density at radius 2 is 1.02 bits per heavy atom. The molecule has 0 unspecified atom stereocenters. The molecule has 56 heavy (non-hydrogen) atoms. The van der Waals surface area contributed by atoms with Crippen molar-refractivity contribution in [3.63, 3.8) is 0 Å². The normalized spacial score (nSPS) is 11.8. The highest BCUT2D eigenvalue weighted by Gasteiger charge is 2.22. The van der Waals surface area contributed by atoms with Crippen molar-refractivity contribution in [2.45, 2.75) is 0 Å². The van der Waals surface area contributed by atoms with Crippen LogP contribution in [-0.4, -0.2) is 19.5 Å². The van der Waals surface area contributed by atoms with E-state index in [1.165, 1.54) is 0 Å². The lowest BCUT2D eigenvalue weighted by Gasteiger charge is -2.16. The summed E-state index contributed by atoms with van der Waals surface area (Å²) in [6.07, 6.45) is 0. The van der Waals surface area contributed by atoms with Crippen LogP contribution in [0.1, 0.15) is 1.37 Å². The van der Waals surface area contributed by atoms with Gasteiger partial charge in [-0.05, 0) is 47.0 Å². The van der Waals surface area contributed by atoms with Crippen molar-refractivity contribution < 1.29 is 5.79 Å². The van der Waals surface area contributed by atoms with Gasteiger partial charge in [-0.15, -0.1) is 0 Å². The summed E-state index contributed by atoms with van der Waals surface area (Å²) in [4.78, 5) is 15.5. The molecule has 0 radical (unpaired) electrons. The second-order valence-electron chi connectivity index (χ2n) is 13.9. The van der Waals surface area contributed by atoms with Crippen LogP contribution in [0.4, 0.5) is 0 Å². The lowest BCUT2D eigenvalue weighted by atomic mass is 9.98. The second kappa shape index (κ2) is 13.0. The van der Waals surface area contributed by atoms with E-state index in [1.54, 1.807) is 0 Å². The van der Waals surface area contributed by atoms with Crippen LogP contribution in [-0.2, 0) is 0 Å². The first-order valence-electron chi connectivity index (χ1n) is 19.2. The third kappa shape index (κ3) is 5.21. The van der Waals surface area contributed by atoms with Gasteiger partial charge in [-0.2, -0.15) is 0 Å². The molecule has 0 bridgehead atoms. The van der Waals surface area contributed by atoms with Crippen LogP contribution >= 0.6 is 0 Å². The minimum absolute atomic E-state index is 0.455. The Morgan fingerprint density at radius 3 is 1.77 bits per heavy atom. The van der Waals surface area contributed by atoms with Gasteiger partial charge in [-0.3, -0.25) is 0 Å². The Kier molecular flexibility index (Phi) is 7.17. The molecule has 0 aliphatic carbocycles. The van der Waals surface area contributed by atoms with Crippen molar-refractivity contribution in [1.29, 1.82) is 0 Å². The van der Waals surface area contributed by atoms with Crippen molar-refractivity contribution in [3.05, 3.63) is 194 Å². The fourth-order valence-electron chi connectivity index (χ4n) is 8.06. The molecule has 5 nitrogen and oxygen atoms in total. The van der Waals surface area contributed by atoms with E-state index in [0.29, 0.717) is 23.5 Å². The van der Waals surface area contributed by atoms with Gasteiger partial charge in [0.2, 0.25) is 0 Å². The molecule has 0 saturated heterocycles. The first-order chi connectivity index (χ1) is 28.2. The van der Waals surface area contributed by atoms with E-state index in [-0.39, 0.29) is 0 Å². The number of hydrogen-bond donors (Lipinski definition) is 0. The molecular weight excluding hydrogens is 685 g/mol. The first-order valence-corrected chi connectivity index (χ1v) is 18.7. The Bertz CT molecular complexity index is 3240. The molecule has 0 saturated carbocycles. The van der Waals surface area contributed by atoms with E-state index < -0.39 is 0 Å². The lowest BCUT2D eigenvalue weighted by Crippen LogP contribution is -2.04. The molecular formula is C51H32N4O. The van der Waals surface area contributed by atoms with Crippen LogP contribution in [0, 0.1) is 0 Å². The highest BCUT2D eigenvalue weighted by molar-refractivity contribution is 6.16. The Morgan fingerprint density at radius 1 is 0.411 bits per heavy atom. The molecule has 11 aromatic rings. The van der Waals surface area contributed by atoms with Crippen LogP contribution in [0.25, 0.3) is 106 Å². The first kappa shape index (κ1) is 30.8. The molecule has 0 atom stereocenters. The fraction of sp³-hybridized carbons (Fsp3) is 0. The van der Waals surface area contributed by atoms with Gasteiger partial charge in [0.05, 0.1) is 18.1 Å². The maximum absolute atomic E-state index is 8.71. The maximum Gasteiger partial charge on any atom is 0.166 e. The number of furan rings is 1. The molecule has 3 aromatic heterocycles. The fourth-order valence-corrected chi connectivity index (χ4v) is 8.06. The van der Waals surface area contributed by atoms with Crippen LogP contribution < -0.4 is 0 Å². The van der Waals surface area contributed by atoms with Crippen molar-refractivity contribution in [2.75, 3.05) is 0 Å². The zero-order valence-corrected chi connectivity index (χ0v) is 30.1. The molecule has 5 heteroatoms. The van der Waals surface area contributed by atoms with Gasteiger partial charge in [-0.1, -0.05) is 164 Å². The summed E-state index contributed by atoms with van der Waals surface area (Å²) in [5.41, 5.74) is 11.4. The monoisotopic (exact) mass is 717 g/mol. The van der Waals surface area contributed by atoms with Crippen molar-refractivity contribution in [3.8, 4) is 62.1 Å². The summed E-state index contributed by atoms with van der Waals surface area (Å²) >= 11 is 0. The SMILES string of the molecule is [2H]c1ccc2c(c1)c1c(-c3ccccc3)cccc1n2-c1ccc(-c2cccc3c2oc2ccccc23)cc1-c1nc(-c2ccccc2)nc(-c2ccccc2)n1. The summed E-state index contributed by atoms with van der Waals surface area (Å²) < 4.78 is 17.6.